The second kappa shape index (κ2) is 8.12. The topological polar surface area (TPSA) is 65.4 Å². The fourth-order valence-corrected chi connectivity index (χ4v) is 2.71. The number of halogens is 2. The van der Waals surface area contributed by atoms with Crippen molar-refractivity contribution in [3.8, 4) is 11.5 Å². The highest BCUT2D eigenvalue weighted by Gasteiger charge is 2.12. The maximum atomic E-state index is 12.3. The molecule has 8 heteroatoms. The van der Waals surface area contributed by atoms with Gasteiger partial charge in [-0.05, 0) is 30.3 Å². The summed E-state index contributed by atoms with van der Waals surface area (Å²) >= 11 is 12.1. The number of methoxy groups -OCH3 is 1. The molecule has 0 saturated heterocycles. The van der Waals surface area contributed by atoms with Gasteiger partial charge in [-0.1, -0.05) is 35.3 Å². The Kier molecular flexibility index (Phi) is 5.65. The highest BCUT2D eigenvalue weighted by molar-refractivity contribution is 6.37. The third kappa shape index (κ3) is 4.28. The summed E-state index contributed by atoms with van der Waals surface area (Å²) in [5.41, 5.74) is 0.865. The second-order valence-electron chi connectivity index (χ2n) is 5.25. The van der Waals surface area contributed by atoms with Crippen LogP contribution in [0.2, 0.25) is 10.0 Å². The van der Waals surface area contributed by atoms with Crippen LogP contribution < -0.4 is 14.8 Å². The molecule has 0 aliphatic heterocycles. The Morgan fingerprint density at radius 3 is 2.62 bits per heavy atom. The lowest BCUT2D eigenvalue weighted by molar-refractivity contribution is 0.102. The van der Waals surface area contributed by atoms with Gasteiger partial charge in [-0.2, -0.15) is 5.10 Å². The maximum absolute atomic E-state index is 12.3. The van der Waals surface area contributed by atoms with Gasteiger partial charge in [0, 0.05) is 18.0 Å². The SMILES string of the molecule is COc1cccc(NC(=O)c2ccn(COc3c(Cl)cccc3Cl)n2)c1. The van der Waals surface area contributed by atoms with Crippen LogP contribution in [0.25, 0.3) is 0 Å². The van der Waals surface area contributed by atoms with Gasteiger partial charge in [-0.15, -0.1) is 0 Å². The fourth-order valence-electron chi connectivity index (χ4n) is 2.20. The predicted molar refractivity (Wildman–Crippen MR) is 100 cm³/mol. The lowest BCUT2D eigenvalue weighted by Gasteiger charge is -2.09. The Morgan fingerprint density at radius 1 is 1.15 bits per heavy atom. The molecule has 0 radical (unpaired) electrons. The minimum Gasteiger partial charge on any atom is -0.497 e. The third-order valence-corrected chi connectivity index (χ3v) is 4.06. The zero-order valence-electron chi connectivity index (χ0n) is 13.8. The first-order valence-corrected chi connectivity index (χ1v) is 8.38. The number of amides is 1. The Hall–Kier alpha value is -2.70. The number of rotatable bonds is 6. The zero-order valence-corrected chi connectivity index (χ0v) is 15.3. The molecule has 0 saturated carbocycles. The lowest BCUT2D eigenvalue weighted by atomic mass is 10.3. The quantitative estimate of drug-likeness (QED) is 0.672. The minimum atomic E-state index is -0.340. The first-order valence-electron chi connectivity index (χ1n) is 7.62. The van der Waals surface area contributed by atoms with E-state index in [0.717, 1.165) is 0 Å². The fraction of sp³-hybridized carbons (Fsp3) is 0.111. The molecule has 0 atom stereocenters. The van der Waals surface area contributed by atoms with Crippen LogP contribution in [-0.2, 0) is 6.73 Å². The van der Waals surface area contributed by atoms with Crippen molar-refractivity contribution in [2.24, 2.45) is 0 Å². The average molecular weight is 392 g/mol. The van der Waals surface area contributed by atoms with E-state index in [2.05, 4.69) is 10.4 Å². The van der Waals surface area contributed by atoms with Gasteiger partial charge in [0.25, 0.3) is 5.91 Å². The van der Waals surface area contributed by atoms with Crippen LogP contribution in [0, 0.1) is 0 Å². The van der Waals surface area contributed by atoms with Gasteiger partial charge in [0.2, 0.25) is 0 Å². The van der Waals surface area contributed by atoms with Crippen LogP contribution in [0.3, 0.4) is 0 Å². The van der Waals surface area contributed by atoms with Gasteiger partial charge in [0.15, 0.2) is 18.2 Å². The van der Waals surface area contributed by atoms with Crippen LogP contribution >= 0.6 is 23.2 Å². The first-order chi connectivity index (χ1) is 12.6. The number of ether oxygens (including phenoxy) is 2. The van der Waals surface area contributed by atoms with Crippen molar-refractivity contribution in [1.29, 1.82) is 0 Å². The van der Waals surface area contributed by atoms with Gasteiger partial charge in [-0.25, -0.2) is 4.68 Å². The van der Waals surface area contributed by atoms with E-state index in [1.54, 1.807) is 61.8 Å². The molecule has 3 aromatic rings. The summed E-state index contributed by atoms with van der Waals surface area (Å²) < 4.78 is 12.2. The van der Waals surface area contributed by atoms with E-state index in [0.29, 0.717) is 27.2 Å². The van der Waals surface area contributed by atoms with Gasteiger partial charge in [-0.3, -0.25) is 4.79 Å². The van der Waals surface area contributed by atoms with E-state index in [1.165, 1.54) is 4.68 Å². The molecule has 0 fully saturated rings. The molecule has 0 bridgehead atoms. The van der Waals surface area contributed by atoms with Crippen molar-refractivity contribution >= 4 is 34.8 Å². The van der Waals surface area contributed by atoms with Gasteiger partial charge in [0.05, 0.1) is 17.2 Å². The number of benzene rings is 2. The summed E-state index contributed by atoms with van der Waals surface area (Å²) in [4.78, 5) is 12.3. The van der Waals surface area contributed by atoms with Crippen LogP contribution in [-0.4, -0.2) is 22.8 Å². The summed E-state index contributed by atoms with van der Waals surface area (Å²) in [6, 6.07) is 13.7. The molecule has 1 heterocycles. The van der Waals surface area contributed by atoms with E-state index in [9.17, 15) is 4.79 Å². The molecule has 6 nitrogen and oxygen atoms in total. The van der Waals surface area contributed by atoms with Crippen LogP contribution in [0.15, 0.2) is 54.7 Å². The average Bonchev–Trinajstić information content (AvgIpc) is 3.10. The van der Waals surface area contributed by atoms with E-state index in [1.807, 2.05) is 0 Å². The molecule has 26 heavy (non-hydrogen) atoms. The van der Waals surface area contributed by atoms with Crippen LogP contribution in [0.1, 0.15) is 10.5 Å². The largest absolute Gasteiger partial charge is 0.497 e. The Balaban J connectivity index is 1.64. The molecular weight excluding hydrogens is 377 g/mol. The van der Waals surface area contributed by atoms with E-state index >= 15 is 0 Å². The molecule has 0 aliphatic rings. The van der Waals surface area contributed by atoms with Crippen molar-refractivity contribution in [1.82, 2.24) is 9.78 Å². The molecule has 0 aliphatic carbocycles. The first kappa shape index (κ1) is 18.1. The number of carbonyl (C=O) groups is 1. The number of hydrogen-bond acceptors (Lipinski definition) is 4. The van der Waals surface area contributed by atoms with Crippen molar-refractivity contribution in [3.05, 3.63) is 70.5 Å². The molecule has 1 amide bonds. The summed E-state index contributed by atoms with van der Waals surface area (Å²) in [6.45, 7) is 0.0654. The highest BCUT2D eigenvalue weighted by Crippen LogP contribution is 2.32. The Bertz CT molecular complexity index is 907. The molecule has 2 aromatic carbocycles. The molecule has 0 spiro atoms. The highest BCUT2D eigenvalue weighted by atomic mass is 35.5. The number of carbonyl (C=O) groups excluding carboxylic acids is 1. The molecule has 3 rings (SSSR count). The molecular formula is C18H15Cl2N3O3. The van der Waals surface area contributed by atoms with Crippen molar-refractivity contribution in [3.63, 3.8) is 0 Å². The van der Waals surface area contributed by atoms with Crippen molar-refractivity contribution in [2.75, 3.05) is 12.4 Å². The number of nitrogens with one attached hydrogen (secondary N) is 1. The summed E-state index contributed by atoms with van der Waals surface area (Å²) in [7, 11) is 1.56. The molecule has 0 unspecified atom stereocenters. The maximum Gasteiger partial charge on any atom is 0.276 e. The van der Waals surface area contributed by atoms with E-state index in [-0.39, 0.29) is 18.3 Å². The number of aromatic nitrogens is 2. The standard InChI is InChI=1S/C18H15Cl2N3O3/c1-25-13-5-2-4-12(10-13)21-18(24)16-8-9-23(22-16)11-26-17-14(19)6-3-7-15(17)20/h2-10H,11H2,1H3,(H,21,24). The zero-order chi connectivity index (χ0) is 18.5. The number of para-hydroxylation sites is 1. The van der Waals surface area contributed by atoms with Crippen molar-refractivity contribution < 1.29 is 14.3 Å². The monoisotopic (exact) mass is 391 g/mol. The van der Waals surface area contributed by atoms with Crippen LogP contribution in [0.4, 0.5) is 5.69 Å². The Morgan fingerprint density at radius 2 is 1.88 bits per heavy atom. The predicted octanol–water partition coefficient (Wildman–Crippen LogP) is 4.49. The lowest BCUT2D eigenvalue weighted by Crippen LogP contribution is -2.14. The Labute approximate surface area is 160 Å². The summed E-state index contributed by atoms with van der Waals surface area (Å²) in [6.07, 6.45) is 1.63. The molecule has 1 N–H and O–H groups in total. The van der Waals surface area contributed by atoms with Gasteiger partial charge < -0.3 is 14.8 Å². The van der Waals surface area contributed by atoms with Crippen molar-refractivity contribution in [2.45, 2.75) is 6.73 Å². The van der Waals surface area contributed by atoms with Gasteiger partial charge in [0.1, 0.15) is 5.75 Å². The number of nitrogens with zero attached hydrogens (tertiary/aromatic N) is 2. The number of anilines is 1. The smallest absolute Gasteiger partial charge is 0.276 e. The minimum absolute atomic E-state index is 0.0654. The normalized spacial score (nSPS) is 10.4. The second-order valence-corrected chi connectivity index (χ2v) is 6.07. The van der Waals surface area contributed by atoms with Crippen LogP contribution in [0.5, 0.6) is 11.5 Å². The molecule has 134 valence electrons. The van der Waals surface area contributed by atoms with Gasteiger partial charge >= 0.3 is 0 Å². The number of hydrogen-bond donors (Lipinski definition) is 1. The summed E-state index contributed by atoms with van der Waals surface area (Å²) in [5, 5.41) is 7.75. The molecule has 1 aromatic heterocycles. The summed E-state index contributed by atoms with van der Waals surface area (Å²) in [5.74, 6) is 0.680. The van der Waals surface area contributed by atoms with E-state index in [4.69, 9.17) is 32.7 Å². The third-order valence-electron chi connectivity index (χ3n) is 3.46. The van der Waals surface area contributed by atoms with E-state index < -0.39 is 0 Å².